The molecule has 0 heterocycles. The van der Waals surface area contributed by atoms with E-state index in [1.165, 1.54) is 18.5 Å². The molecule has 0 spiro atoms. The van der Waals surface area contributed by atoms with E-state index in [9.17, 15) is 8.42 Å². The van der Waals surface area contributed by atoms with Crippen LogP contribution in [0.15, 0.2) is 0 Å². The fraction of sp³-hybridized carbons (Fsp3) is 0.857. The third-order valence-corrected chi connectivity index (χ3v) is 3.33. The lowest BCUT2D eigenvalue weighted by atomic mass is 10.4. The minimum Gasteiger partial charge on any atom is -0.388 e. The fourth-order valence-corrected chi connectivity index (χ4v) is 1.82. The molecule has 15 heavy (non-hydrogen) atoms. The summed E-state index contributed by atoms with van der Waals surface area (Å²) >= 11 is 0. The lowest BCUT2D eigenvalue weighted by molar-refractivity contribution is 0.179. The first-order valence-electron chi connectivity index (χ1n) is 4.44. The Morgan fingerprint density at radius 3 is 2.53 bits per heavy atom. The summed E-state index contributed by atoms with van der Waals surface area (Å²) in [6.45, 7) is 0.730. The van der Waals surface area contributed by atoms with Gasteiger partial charge in [-0.3, -0.25) is 5.41 Å². The van der Waals surface area contributed by atoms with Crippen LogP contribution in [0, 0.1) is 5.41 Å². The molecule has 0 aromatic heterocycles. The molecule has 0 aliphatic rings. The summed E-state index contributed by atoms with van der Waals surface area (Å²) in [6.07, 6.45) is 0.213. The maximum Gasteiger partial charge on any atom is 0.279 e. The van der Waals surface area contributed by atoms with Gasteiger partial charge in [0.1, 0.15) is 0 Å². The van der Waals surface area contributed by atoms with E-state index in [4.69, 9.17) is 15.9 Å². The van der Waals surface area contributed by atoms with Crippen molar-refractivity contribution in [1.29, 1.82) is 5.41 Å². The molecule has 0 aliphatic heterocycles. The van der Waals surface area contributed by atoms with E-state index in [0.717, 1.165) is 0 Å². The van der Waals surface area contributed by atoms with Crippen LogP contribution < -0.4 is 10.5 Å². The van der Waals surface area contributed by atoms with Crippen LogP contribution in [0.25, 0.3) is 0 Å². The quantitative estimate of drug-likeness (QED) is 0.361. The van der Waals surface area contributed by atoms with Gasteiger partial charge in [-0.2, -0.15) is 12.7 Å². The highest BCUT2D eigenvalue weighted by Crippen LogP contribution is 1.98. The Bertz CT molecular complexity index is 291. The topological polar surface area (TPSA) is 109 Å². The molecule has 0 saturated heterocycles. The normalized spacial score (nSPS) is 11.9. The van der Waals surface area contributed by atoms with Gasteiger partial charge in [0, 0.05) is 33.7 Å². The molecule has 8 heteroatoms. The Labute approximate surface area is 90.3 Å². The second-order valence-electron chi connectivity index (χ2n) is 2.88. The highest BCUT2D eigenvalue weighted by atomic mass is 32.2. The SMILES string of the molecule is CNS(=O)(=O)N(CCOC)CCC(=N)N. The number of nitrogens with one attached hydrogen (secondary N) is 2. The summed E-state index contributed by atoms with van der Waals surface area (Å²) in [5.74, 6) is -0.0382. The maximum atomic E-state index is 11.5. The maximum absolute atomic E-state index is 11.5. The highest BCUT2D eigenvalue weighted by Gasteiger charge is 2.19. The third-order valence-electron chi connectivity index (χ3n) is 1.77. The summed E-state index contributed by atoms with van der Waals surface area (Å²) in [5, 5.41) is 7.03. The van der Waals surface area contributed by atoms with Crippen LogP contribution in [0.1, 0.15) is 6.42 Å². The molecule has 0 fully saturated rings. The van der Waals surface area contributed by atoms with E-state index in [1.807, 2.05) is 0 Å². The number of nitrogens with zero attached hydrogens (tertiary/aromatic N) is 1. The largest absolute Gasteiger partial charge is 0.388 e. The average molecular weight is 238 g/mol. The Hall–Kier alpha value is -0.700. The zero-order valence-corrected chi connectivity index (χ0v) is 9.80. The summed E-state index contributed by atoms with van der Waals surface area (Å²) in [5.41, 5.74) is 5.16. The number of rotatable bonds is 8. The molecular formula is C7H18N4O3S. The van der Waals surface area contributed by atoms with Crippen LogP contribution in [-0.2, 0) is 14.9 Å². The Morgan fingerprint density at radius 2 is 2.13 bits per heavy atom. The molecule has 0 radical (unpaired) electrons. The van der Waals surface area contributed by atoms with Crippen molar-refractivity contribution in [1.82, 2.24) is 9.03 Å². The zero-order chi connectivity index (χ0) is 11.9. The molecule has 0 bridgehead atoms. The molecule has 0 unspecified atom stereocenters. The first-order valence-corrected chi connectivity index (χ1v) is 5.88. The lowest BCUT2D eigenvalue weighted by Crippen LogP contribution is -2.42. The third kappa shape index (κ3) is 5.67. The van der Waals surface area contributed by atoms with Crippen molar-refractivity contribution < 1.29 is 13.2 Å². The Morgan fingerprint density at radius 1 is 1.53 bits per heavy atom. The summed E-state index contributed by atoms with van der Waals surface area (Å²) in [4.78, 5) is 0. The van der Waals surface area contributed by atoms with Crippen LogP contribution in [0.5, 0.6) is 0 Å². The van der Waals surface area contributed by atoms with Crippen molar-refractivity contribution in [2.45, 2.75) is 6.42 Å². The molecular weight excluding hydrogens is 220 g/mol. The predicted molar refractivity (Wildman–Crippen MR) is 58.0 cm³/mol. The van der Waals surface area contributed by atoms with Crippen LogP contribution in [0.2, 0.25) is 0 Å². The van der Waals surface area contributed by atoms with Gasteiger partial charge in [-0.1, -0.05) is 0 Å². The van der Waals surface area contributed by atoms with Crippen molar-refractivity contribution in [3.63, 3.8) is 0 Å². The fourth-order valence-electron chi connectivity index (χ4n) is 0.920. The van der Waals surface area contributed by atoms with Gasteiger partial charge in [0.05, 0.1) is 12.4 Å². The second-order valence-corrected chi connectivity index (χ2v) is 4.75. The van der Waals surface area contributed by atoms with Gasteiger partial charge in [-0.05, 0) is 0 Å². The van der Waals surface area contributed by atoms with Crippen LogP contribution >= 0.6 is 0 Å². The van der Waals surface area contributed by atoms with Crippen LogP contribution in [-0.4, -0.2) is 52.4 Å². The summed E-state index contributed by atoms with van der Waals surface area (Å²) in [6, 6.07) is 0. The minimum atomic E-state index is -3.48. The molecule has 4 N–H and O–H groups in total. The first-order chi connectivity index (χ1) is 6.94. The van der Waals surface area contributed by atoms with Crippen molar-refractivity contribution in [2.24, 2.45) is 5.73 Å². The van der Waals surface area contributed by atoms with Crippen molar-refractivity contribution in [3.8, 4) is 0 Å². The van der Waals surface area contributed by atoms with Gasteiger partial charge in [0.25, 0.3) is 10.2 Å². The number of amidine groups is 1. The van der Waals surface area contributed by atoms with Crippen molar-refractivity contribution in [3.05, 3.63) is 0 Å². The summed E-state index contributed by atoms with van der Waals surface area (Å²) < 4.78 is 31.1. The average Bonchev–Trinajstić information content (AvgIpc) is 2.17. The smallest absolute Gasteiger partial charge is 0.279 e. The minimum absolute atomic E-state index is 0.0382. The van der Waals surface area contributed by atoms with Crippen LogP contribution in [0.4, 0.5) is 0 Å². The monoisotopic (exact) mass is 238 g/mol. The molecule has 0 amide bonds. The van der Waals surface area contributed by atoms with E-state index in [2.05, 4.69) is 4.72 Å². The van der Waals surface area contributed by atoms with E-state index in [1.54, 1.807) is 0 Å². The van der Waals surface area contributed by atoms with Gasteiger partial charge in [0.2, 0.25) is 0 Å². The molecule has 90 valence electrons. The van der Waals surface area contributed by atoms with Gasteiger partial charge in [-0.15, -0.1) is 0 Å². The number of nitrogens with two attached hydrogens (primary N) is 1. The number of hydrogen-bond acceptors (Lipinski definition) is 4. The van der Waals surface area contributed by atoms with E-state index < -0.39 is 10.2 Å². The van der Waals surface area contributed by atoms with E-state index in [-0.39, 0.29) is 25.3 Å². The van der Waals surface area contributed by atoms with E-state index in [0.29, 0.717) is 6.61 Å². The van der Waals surface area contributed by atoms with Crippen molar-refractivity contribution >= 4 is 16.0 Å². The van der Waals surface area contributed by atoms with Gasteiger partial charge < -0.3 is 10.5 Å². The molecule has 7 nitrogen and oxygen atoms in total. The lowest BCUT2D eigenvalue weighted by Gasteiger charge is -2.20. The number of methoxy groups -OCH3 is 1. The number of hydrogen-bond donors (Lipinski definition) is 3. The molecule has 0 aromatic carbocycles. The molecule has 0 aliphatic carbocycles. The van der Waals surface area contributed by atoms with Crippen molar-refractivity contribution in [2.75, 3.05) is 33.9 Å². The van der Waals surface area contributed by atoms with Gasteiger partial charge in [0.15, 0.2) is 0 Å². The first kappa shape index (κ1) is 14.3. The Balaban J connectivity index is 4.37. The van der Waals surface area contributed by atoms with E-state index >= 15 is 0 Å². The molecule has 0 rings (SSSR count). The highest BCUT2D eigenvalue weighted by molar-refractivity contribution is 7.87. The van der Waals surface area contributed by atoms with Gasteiger partial charge in [-0.25, -0.2) is 4.72 Å². The predicted octanol–water partition coefficient (Wildman–Crippen LogP) is -1.27. The zero-order valence-electron chi connectivity index (χ0n) is 8.99. The molecule has 0 aromatic rings. The number of ether oxygens (including phenoxy) is 1. The molecule has 0 saturated carbocycles. The second kappa shape index (κ2) is 6.72. The Kier molecular flexibility index (Phi) is 6.41. The standard InChI is InChI=1S/C7H18N4O3S/c1-10-15(12,13)11(5-6-14-2)4-3-7(8)9/h10H,3-6H2,1-2H3,(H3,8,9). The summed E-state index contributed by atoms with van der Waals surface area (Å²) in [7, 11) is -0.646. The molecule has 0 atom stereocenters. The van der Waals surface area contributed by atoms with Gasteiger partial charge >= 0.3 is 0 Å². The van der Waals surface area contributed by atoms with Crippen LogP contribution in [0.3, 0.4) is 0 Å².